The summed E-state index contributed by atoms with van der Waals surface area (Å²) in [7, 11) is 0. The topological polar surface area (TPSA) is 67.8 Å². The van der Waals surface area contributed by atoms with E-state index in [-0.39, 0.29) is 24.7 Å². The number of unbranched alkanes of at least 4 members (excludes halogenated alkanes) is 1. The number of hydrogen-bond acceptors (Lipinski definition) is 4. The molecule has 0 unspecified atom stereocenters. The van der Waals surface area contributed by atoms with Crippen molar-refractivity contribution >= 4 is 5.91 Å². The minimum atomic E-state index is -0.890. The van der Waals surface area contributed by atoms with E-state index in [1.54, 1.807) is 19.9 Å². The van der Waals surface area contributed by atoms with Crippen LogP contribution in [0.1, 0.15) is 33.6 Å². The van der Waals surface area contributed by atoms with Crippen molar-refractivity contribution in [2.75, 3.05) is 6.54 Å². The van der Waals surface area contributed by atoms with Gasteiger partial charge in [-0.25, -0.2) is 9.78 Å². The Labute approximate surface area is 126 Å². The fourth-order valence-electron chi connectivity index (χ4n) is 1.55. The first-order valence-electron chi connectivity index (χ1n) is 7.21. The van der Waals surface area contributed by atoms with Gasteiger partial charge in [-0.3, -0.25) is 4.79 Å². The van der Waals surface area contributed by atoms with Crippen LogP contribution < -0.4 is 5.32 Å². The zero-order chi connectivity index (χ0) is 15.7. The van der Waals surface area contributed by atoms with Gasteiger partial charge in [0.15, 0.2) is 0 Å². The molecule has 1 amide bonds. The van der Waals surface area contributed by atoms with E-state index < -0.39 is 5.60 Å². The smallest absolute Gasteiger partial charge is 0.243 e. The van der Waals surface area contributed by atoms with Crippen molar-refractivity contribution in [2.45, 2.75) is 51.4 Å². The van der Waals surface area contributed by atoms with Gasteiger partial charge in [0.05, 0.1) is 5.60 Å². The summed E-state index contributed by atoms with van der Waals surface area (Å²) in [6.07, 6.45) is 12.6. The number of aliphatic hydroxyl groups is 1. The predicted octanol–water partition coefficient (Wildman–Crippen LogP) is 2.04. The normalized spacial score (nSPS) is 23.0. The number of hydrogen-bond donors (Lipinski definition) is 2. The lowest BCUT2D eigenvalue weighted by Gasteiger charge is -2.17. The standard InChI is InChI=1S/C16H25NO4/c1-13-10-11-14(21-20-13)8-6-4-5-7-9-15(18)17-12-16(2,3)19/h6-11,13-14,19H,4-5,12H2,1-3H3,(H,17,18)/b8-6?,9-7+/t13-,14+/m0/s1. The molecule has 1 heterocycles. The van der Waals surface area contributed by atoms with E-state index in [0.29, 0.717) is 0 Å². The van der Waals surface area contributed by atoms with Crippen LogP contribution in [0, 0.1) is 0 Å². The Morgan fingerprint density at radius 2 is 2.00 bits per heavy atom. The largest absolute Gasteiger partial charge is 0.389 e. The number of carbonyl (C=O) groups excluding carboxylic acids is 1. The molecule has 0 bridgehead atoms. The number of rotatable bonds is 7. The van der Waals surface area contributed by atoms with Crippen molar-refractivity contribution in [2.24, 2.45) is 0 Å². The van der Waals surface area contributed by atoms with Crippen LogP contribution in [0.5, 0.6) is 0 Å². The molecule has 5 heteroatoms. The molecule has 0 spiro atoms. The molecule has 0 aromatic carbocycles. The molecule has 1 aliphatic rings. The van der Waals surface area contributed by atoms with E-state index in [9.17, 15) is 9.90 Å². The molecule has 1 aliphatic heterocycles. The van der Waals surface area contributed by atoms with Crippen molar-refractivity contribution in [1.82, 2.24) is 5.32 Å². The molecule has 0 aromatic rings. The minimum absolute atomic E-state index is 0.00000553. The van der Waals surface area contributed by atoms with Gasteiger partial charge in [0.1, 0.15) is 12.2 Å². The second kappa shape index (κ2) is 8.77. The lowest BCUT2D eigenvalue weighted by atomic mass is 10.1. The van der Waals surface area contributed by atoms with Crippen LogP contribution in [0.2, 0.25) is 0 Å². The molecule has 2 N–H and O–H groups in total. The van der Waals surface area contributed by atoms with Crippen molar-refractivity contribution < 1.29 is 19.7 Å². The summed E-state index contributed by atoms with van der Waals surface area (Å²) in [4.78, 5) is 21.6. The van der Waals surface area contributed by atoms with Crippen LogP contribution >= 0.6 is 0 Å². The summed E-state index contributed by atoms with van der Waals surface area (Å²) >= 11 is 0. The molecule has 0 fully saturated rings. The lowest BCUT2D eigenvalue weighted by molar-refractivity contribution is -0.326. The lowest BCUT2D eigenvalue weighted by Crippen LogP contribution is -2.37. The summed E-state index contributed by atoms with van der Waals surface area (Å²) in [5, 5.41) is 12.1. The third kappa shape index (κ3) is 9.18. The van der Waals surface area contributed by atoms with Crippen molar-refractivity contribution in [3.63, 3.8) is 0 Å². The molecule has 2 atom stereocenters. The number of carbonyl (C=O) groups is 1. The molecule has 0 aliphatic carbocycles. The molecular weight excluding hydrogens is 270 g/mol. The fraction of sp³-hybridized carbons (Fsp3) is 0.562. The van der Waals surface area contributed by atoms with E-state index in [1.165, 1.54) is 6.08 Å². The number of nitrogens with one attached hydrogen (secondary N) is 1. The predicted molar refractivity (Wildman–Crippen MR) is 81.4 cm³/mol. The first kappa shape index (κ1) is 17.6. The molecular formula is C16H25NO4. The van der Waals surface area contributed by atoms with Crippen molar-refractivity contribution in [1.29, 1.82) is 0 Å². The van der Waals surface area contributed by atoms with E-state index in [0.717, 1.165) is 12.8 Å². The van der Waals surface area contributed by atoms with Gasteiger partial charge in [-0.1, -0.05) is 30.4 Å². The molecule has 118 valence electrons. The van der Waals surface area contributed by atoms with Crippen molar-refractivity contribution in [3.8, 4) is 0 Å². The fourth-order valence-corrected chi connectivity index (χ4v) is 1.55. The molecule has 21 heavy (non-hydrogen) atoms. The monoisotopic (exact) mass is 295 g/mol. The van der Waals surface area contributed by atoms with Gasteiger partial charge < -0.3 is 10.4 Å². The summed E-state index contributed by atoms with van der Waals surface area (Å²) < 4.78 is 0. The highest BCUT2D eigenvalue weighted by Gasteiger charge is 2.12. The maximum absolute atomic E-state index is 11.4. The highest BCUT2D eigenvalue weighted by atomic mass is 17.2. The molecule has 1 rings (SSSR count). The zero-order valence-electron chi connectivity index (χ0n) is 12.9. The van der Waals surface area contributed by atoms with E-state index in [2.05, 4.69) is 5.32 Å². The SMILES string of the molecule is C[C@H]1C=C[C@@H](C=CCC/C=C/C(=O)NCC(C)(C)O)OO1. The van der Waals surface area contributed by atoms with Gasteiger partial charge in [0.2, 0.25) is 5.91 Å². The zero-order valence-corrected chi connectivity index (χ0v) is 12.9. The summed E-state index contributed by atoms with van der Waals surface area (Å²) in [6.45, 7) is 5.44. The Balaban J connectivity index is 2.14. The maximum Gasteiger partial charge on any atom is 0.243 e. The minimum Gasteiger partial charge on any atom is -0.389 e. The van der Waals surface area contributed by atoms with Crippen LogP contribution in [0.4, 0.5) is 0 Å². The highest BCUT2D eigenvalue weighted by molar-refractivity contribution is 5.87. The summed E-state index contributed by atoms with van der Waals surface area (Å²) in [6, 6.07) is 0. The Kier molecular flexibility index (Phi) is 7.36. The Morgan fingerprint density at radius 3 is 2.62 bits per heavy atom. The summed E-state index contributed by atoms with van der Waals surface area (Å²) in [5.74, 6) is -0.193. The Bertz CT molecular complexity index is 407. The van der Waals surface area contributed by atoms with Gasteiger partial charge >= 0.3 is 0 Å². The molecule has 0 saturated carbocycles. The number of amides is 1. The van der Waals surface area contributed by atoms with Crippen molar-refractivity contribution in [3.05, 3.63) is 36.5 Å². The van der Waals surface area contributed by atoms with E-state index >= 15 is 0 Å². The molecule has 0 saturated heterocycles. The first-order chi connectivity index (χ1) is 9.87. The van der Waals surface area contributed by atoms with Gasteiger partial charge in [-0.05, 0) is 39.7 Å². The van der Waals surface area contributed by atoms with Gasteiger partial charge in [-0.2, -0.15) is 0 Å². The quantitative estimate of drug-likeness (QED) is 0.326. The second-order valence-corrected chi connectivity index (χ2v) is 5.69. The average Bonchev–Trinajstić information content (AvgIpc) is 2.41. The summed E-state index contributed by atoms with van der Waals surface area (Å²) in [5.41, 5.74) is -0.890. The molecule has 0 aromatic heterocycles. The molecule has 5 nitrogen and oxygen atoms in total. The number of allylic oxidation sites excluding steroid dienone is 2. The third-order valence-electron chi connectivity index (χ3n) is 2.68. The van der Waals surface area contributed by atoms with Gasteiger partial charge in [-0.15, -0.1) is 0 Å². The van der Waals surface area contributed by atoms with Crippen LogP contribution in [0.25, 0.3) is 0 Å². The Hall–Kier alpha value is -1.43. The third-order valence-corrected chi connectivity index (χ3v) is 2.68. The second-order valence-electron chi connectivity index (χ2n) is 5.69. The average molecular weight is 295 g/mol. The van der Waals surface area contributed by atoms with Crippen LogP contribution in [-0.2, 0) is 14.6 Å². The van der Waals surface area contributed by atoms with Crippen LogP contribution in [0.3, 0.4) is 0 Å². The van der Waals surface area contributed by atoms with Gasteiger partial charge in [0, 0.05) is 6.54 Å². The first-order valence-corrected chi connectivity index (χ1v) is 7.21. The Morgan fingerprint density at radius 1 is 1.29 bits per heavy atom. The van der Waals surface area contributed by atoms with Crippen LogP contribution in [-0.4, -0.2) is 35.4 Å². The highest BCUT2D eigenvalue weighted by Crippen LogP contribution is 2.09. The van der Waals surface area contributed by atoms with Crippen LogP contribution in [0.15, 0.2) is 36.5 Å². The maximum atomic E-state index is 11.4. The van der Waals surface area contributed by atoms with E-state index in [1.807, 2.05) is 31.2 Å². The van der Waals surface area contributed by atoms with E-state index in [4.69, 9.17) is 9.78 Å². The molecule has 0 radical (unpaired) electrons. The van der Waals surface area contributed by atoms with Gasteiger partial charge in [0.25, 0.3) is 0 Å².